The first kappa shape index (κ1) is 18.7. The summed E-state index contributed by atoms with van der Waals surface area (Å²) in [6.45, 7) is 5.67. The van der Waals surface area contributed by atoms with E-state index in [0.29, 0.717) is 5.57 Å². The summed E-state index contributed by atoms with van der Waals surface area (Å²) in [5.74, 6) is -0.306. The van der Waals surface area contributed by atoms with E-state index in [9.17, 15) is 9.90 Å². The molecule has 1 atom stereocenters. The maximum Gasteiger partial charge on any atom is 0.341 e. The third kappa shape index (κ3) is 7.08. The number of unbranched alkanes of at least 4 members (excludes halogenated alkanes) is 8. The third-order valence-corrected chi connectivity index (χ3v) is 3.90. The molecule has 124 valence electrons. The van der Waals surface area contributed by atoms with E-state index >= 15 is 0 Å². The summed E-state index contributed by atoms with van der Waals surface area (Å²) in [5, 5.41) is 9.69. The van der Waals surface area contributed by atoms with Crippen molar-refractivity contribution in [3.8, 4) is 0 Å². The largest absolute Gasteiger partial charge is 0.425 e. The molecule has 0 spiro atoms. The minimum Gasteiger partial charge on any atom is -0.425 e. The zero-order valence-electron chi connectivity index (χ0n) is 13.9. The summed E-state index contributed by atoms with van der Waals surface area (Å²) < 4.78 is 4.79. The maximum absolute atomic E-state index is 11.4. The zero-order valence-corrected chi connectivity index (χ0v) is 13.9. The fourth-order valence-corrected chi connectivity index (χ4v) is 2.55. The van der Waals surface area contributed by atoms with Crippen LogP contribution in [0.5, 0.6) is 0 Å². The van der Waals surface area contributed by atoms with Gasteiger partial charge in [0.1, 0.15) is 11.9 Å². The molecular formula is C19H30O3. The number of esters is 1. The van der Waals surface area contributed by atoms with Crippen LogP contribution in [0.1, 0.15) is 71.1 Å². The molecule has 0 saturated carbocycles. The second-order valence-electron chi connectivity index (χ2n) is 5.85. The normalized spacial score (nSPS) is 20.3. The van der Waals surface area contributed by atoms with Crippen molar-refractivity contribution in [1.29, 1.82) is 0 Å². The van der Waals surface area contributed by atoms with Crippen LogP contribution >= 0.6 is 0 Å². The minimum absolute atomic E-state index is 0.144. The van der Waals surface area contributed by atoms with Crippen LogP contribution in [0.25, 0.3) is 0 Å². The number of hydrogen-bond donors (Lipinski definition) is 1. The Morgan fingerprint density at radius 1 is 1.05 bits per heavy atom. The van der Waals surface area contributed by atoms with Crippen molar-refractivity contribution < 1.29 is 14.6 Å². The molecule has 1 rings (SSSR count). The number of aliphatic hydroxyl groups is 1. The second-order valence-corrected chi connectivity index (χ2v) is 5.85. The molecule has 1 saturated heterocycles. The summed E-state index contributed by atoms with van der Waals surface area (Å²) in [6, 6.07) is 0. The predicted octanol–water partition coefficient (Wildman–Crippen LogP) is 4.82. The number of ether oxygens (including phenoxy) is 1. The highest BCUT2D eigenvalue weighted by molar-refractivity contribution is 5.93. The number of carbonyl (C=O) groups excluding carboxylic acids is 1. The van der Waals surface area contributed by atoms with Crippen molar-refractivity contribution in [3.63, 3.8) is 0 Å². The first-order valence-corrected chi connectivity index (χ1v) is 8.61. The van der Waals surface area contributed by atoms with Crippen molar-refractivity contribution >= 4 is 5.97 Å². The smallest absolute Gasteiger partial charge is 0.341 e. The van der Waals surface area contributed by atoms with Crippen LogP contribution < -0.4 is 0 Å². The fourth-order valence-electron chi connectivity index (χ4n) is 2.55. The van der Waals surface area contributed by atoms with E-state index in [4.69, 9.17) is 4.74 Å². The van der Waals surface area contributed by atoms with Gasteiger partial charge in [0.2, 0.25) is 0 Å². The summed E-state index contributed by atoms with van der Waals surface area (Å²) in [4.78, 5) is 11.4. The van der Waals surface area contributed by atoms with Gasteiger partial charge in [-0.05, 0) is 32.1 Å². The van der Waals surface area contributed by atoms with Crippen LogP contribution in [-0.4, -0.2) is 17.2 Å². The number of rotatable bonds is 11. The van der Waals surface area contributed by atoms with Gasteiger partial charge in [0.15, 0.2) is 0 Å². The zero-order chi connectivity index (χ0) is 16.2. The van der Waals surface area contributed by atoms with Crippen molar-refractivity contribution in [3.05, 3.63) is 36.1 Å². The van der Waals surface area contributed by atoms with E-state index in [0.717, 1.165) is 19.3 Å². The molecular weight excluding hydrogens is 276 g/mol. The molecule has 0 unspecified atom stereocenters. The average Bonchev–Trinajstić information content (AvgIpc) is 2.74. The maximum atomic E-state index is 11.4. The molecule has 0 aromatic heterocycles. The Bertz CT molecular complexity index is 407. The first-order valence-electron chi connectivity index (χ1n) is 8.61. The first-order chi connectivity index (χ1) is 10.7. The Kier molecular flexibility index (Phi) is 9.56. The molecule has 0 aromatic carbocycles. The molecule has 0 radical (unpaired) electrons. The van der Waals surface area contributed by atoms with Crippen LogP contribution in [0, 0.1) is 0 Å². The SMILES string of the molecule is C=C1OC(=O)/C(=C/CCCCCCCCC/C=C/CC)[C@H]1O. The molecule has 1 fully saturated rings. The number of carbonyl (C=O) groups is 1. The highest BCUT2D eigenvalue weighted by atomic mass is 16.6. The molecule has 1 heterocycles. The van der Waals surface area contributed by atoms with Gasteiger partial charge < -0.3 is 9.84 Å². The standard InChI is InChI=1S/C19H30O3/c1-3-4-5-6-7-8-9-10-11-12-13-14-15-17-18(20)16(2)22-19(17)21/h4-5,15,18,20H,2-3,6-14H2,1H3/b5-4+,17-15+/t18-/m0/s1. The van der Waals surface area contributed by atoms with E-state index in [1.54, 1.807) is 6.08 Å². The van der Waals surface area contributed by atoms with Gasteiger partial charge in [-0.1, -0.05) is 63.8 Å². The minimum atomic E-state index is -0.936. The predicted molar refractivity (Wildman–Crippen MR) is 90.3 cm³/mol. The topological polar surface area (TPSA) is 46.5 Å². The molecule has 3 heteroatoms. The van der Waals surface area contributed by atoms with E-state index < -0.39 is 12.1 Å². The van der Waals surface area contributed by atoms with E-state index in [2.05, 4.69) is 25.7 Å². The van der Waals surface area contributed by atoms with Gasteiger partial charge in [0.05, 0.1) is 5.57 Å². The molecule has 0 bridgehead atoms. The van der Waals surface area contributed by atoms with E-state index in [1.165, 1.54) is 44.9 Å². The second kappa shape index (κ2) is 11.2. The lowest BCUT2D eigenvalue weighted by molar-refractivity contribution is -0.132. The van der Waals surface area contributed by atoms with Crippen LogP contribution in [0.3, 0.4) is 0 Å². The molecule has 0 aromatic rings. The fraction of sp³-hybridized carbons (Fsp3) is 0.632. The summed E-state index contributed by atoms with van der Waals surface area (Å²) >= 11 is 0. The van der Waals surface area contributed by atoms with Gasteiger partial charge in [-0.15, -0.1) is 0 Å². The number of aliphatic hydroxyl groups excluding tert-OH is 1. The Morgan fingerprint density at radius 3 is 2.18 bits per heavy atom. The molecule has 0 aliphatic carbocycles. The van der Waals surface area contributed by atoms with E-state index in [-0.39, 0.29) is 5.76 Å². The van der Waals surface area contributed by atoms with Crippen molar-refractivity contribution in [2.24, 2.45) is 0 Å². The van der Waals surface area contributed by atoms with Crippen molar-refractivity contribution in [2.75, 3.05) is 0 Å². The molecule has 1 N–H and O–H groups in total. The number of hydrogen-bond acceptors (Lipinski definition) is 3. The molecule has 1 aliphatic heterocycles. The van der Waals surface area contributed by atoms with Crippen LogP contribution in [0.4, 0.5) is 0 Å². The Morgan fingerprint density at radius 2 is 1.64 bits per heavy atom. The lowest BCUT2D eigenvalue weighted by atomic mass is 10.0. The van der Waals surface area contributed by atoms with Gasteiger partial charge in [-0.3, -0.25) is 0 Å². The summed E-state index contributed by atoms with van der Waals surface area (Å²) in [5.41, 5.74) is 0.352. The summed E-state index contributed by atoms with van der Waals surface area (Å²) in [6.07, 6.45) is 17.2. The Balaban J connectivity index is 1.97. The Hall–Kier alpha value is -1.35. The molecule has 22 heavy (non-hydrogen) atoms. The monoisotopic (exact) mass is 306 g/mol. The third-order valence-electron chi connectivity index (χ3n) is 3.90. The van der Waals surface area contributed by atoms with Gasteiger partial charge >= 0.3 is 5.97 Å². The lowest BCUT2D eigenvalue weighted by Gasteiger charge is -2.01. The lowest BCUT2D eigenvalue weighted by Crippen LogP contribution is -2.07. The summed E-state index contributed by atoms with van der Waals surface area (Å²) in [7, 11) is 0. The van der Waals surface area contributed by atoms with Gasteiger partial charge in [0, 0.05) is 0 Å². The highest BCUT2D eigenvalue weighted by Crippen LogP contribution is 2.23. The van der Waals surface area contributed by atoms with Crippen LogP contribution in [0.15, 0.2) is 36.1 Å². The molecule has 1 aliphatic rings. The van der Waals surface area contributed by atoms with Gasteiger partial charge in [-0.25, -0.2) is 4.79 Å². The van der Waals surface area contributed by atoms with Crippen molar-refractivity contribution in [1.82, 2.24) is 0 Å². The quantitative estimate of drug-likeness (QED) is 0.257. The van der Waals surface area contributed by atoms with Crippen LogP contribution in [-0.2, 0) is 9.53 Å². The number of allylic oxidation sites excluding steroid dienone is 3. The van der Waals surface area contributed by atoms with E-state index in [1.807, 2.05) is 0 Å². The van der Waals surface area contributed by atoms with Crippen LogP contribution in [0.2, 0.25) is 0 Å². The Labute approximate surface area is 134 Å². The van der Waals surface area contributed by atoms with Gasteiger partial charge in [-0.2, -0.15) is 0 Å². The highest BCUT2D eigenvalue weighted by Gasteiger charge is 2.32. The number of cyclic esters (lactones) is 1. The molecule has 3 nitrogen and oxygen atoms in total. The average molecular weight is 306 g/mol. The molecule has 0 amide bonds. The van der Waals surface area contributed by atoms with Gasteiger partial charge in [0.25, 0.3) is 0 Å². The van der Waals surface area contributed by atoms with Crippen molar-refractivity contribution in [2.45, 2.75) is 77.2 Å².